The quantitative estimate of drug-likeness (QED) is 0.560. The van der Waals surface area contributed by atoms with Gasteiger partial charge in [-0.15, -0.1) is 11.8 Å². The lowest BCUT2D eigenvalue weighted by Crippen LogP contribution is -1.88. The fourth-order valence-electron chi connectivity index (χ4n) is 2.31. The Kier molecular flexibility index (Phi) is 1.87. The van der Waals surface area contributed by atoms with Gasteiger partial charge in [-0.25, -0.2) is 0 Å². The standard InChI is InChI=1S/C10H14O/c11-7-10-8-5-3-1-2-4-6-9(8)10/h8-11H,3-7H2/t8-,9+,10-. The van der Waals surface area contributed by atoms with Crippen LogP contribution in [-0.2, 0) is 0 Å². The molecule has 0 saturated heterocycles. The Morgan fingerprint density at radius 3 is 2.09 bits per heavy atom. The molecule has 0 unspecified atom stereocenters. The van der Waals surface area contributed by atoms with E-state index in [-0.39, 0.29) is 0 Å². The molecule has 1 heteroatoms. The molecule has 0 spiro atoms. The first-order valence-corrected chi connectivity index (χ1v) is 4.50. The van der Waals surface area contributed by atoms with Gasteiger partial charge < -0.3 is 5.11 Å². The average Bonchev–Trinajstić information content (AvgIpc) is 2.60. The van der Waals surface area contributed by atoms with Crippen LogP contribution in [0.1, 0.15) is 25.7 Å². The lowest BCUT2D eigenvalue weighted by atomic mass is 10.1. The monoisotopic (exact) mass is 150 g/mol. The van der Waals surface area contributed by atoms with Gasteiger partial charge in [-0.1, -0.05) is 0 Å². The van der Waals surface area contributed by atoms with Crippen molar-refractivity contribution >= 4 is 0 Å². The van der Waals surface area contributed by atoms with E-state index in [1.54, 1.807) is 0 Å². The van der Waals surface area contributed by atoms with Crippen LogP contribution in [0.4, 0.5) is 0 Å². The van der Waals surface area contributed by atoms with E-state index in [2.05, 4.69) is 11.8 Å². The van der Waals surface area contributed by atoms with Crippen LogP contribution in [0.5, 0.6) is 0 Å². The summed E-state index contributed by atoms with van der Waals surface area (Å²) in [6.07, 6.45) is 4.56. The van der Waals surface area contributed by atoms with Crippen molar-refractivity contribution in [1.82, 2.24) is 0 Å². The van der Waals surface area contributed by atoms with Crippen LogP contribution in [0, 0.1) is 29.6 Å². The predicted octanol–water partition coefficient (Wildman–Crippen LogP) is 1.42. The average molecular weight is 150 g/mol. The minimum absolute atomic E-state index is 0.398. The largest absolute Gasteiger partial charge is 0.396 e. The zero-order chi connectivity index (χ0) is 7.68. The molecule has 0 amide bonds. The number of hydrogen-bond acceptors (Lipinski definition) is 1. The Hall–Kier alpha value is -0.480. The van der Waals surface area contributed by atoms with E-state index in [0.717, 1.165) is 24.7 Å². The summed E-state index contributed by atoms with van der Waals surface area (Å²) in [5.74, 6) is 8.57. The summed E-state index contributed by atoms with van der Waals surface area (Å²) in [4.78, 5) is 0. The van der Waals surface area contributed by atoms with Crippen LogP contribution < -0.4 is 0 Å². The van der Waals surface area contributed by atoms with E-state index < -0.39 is 0 Å². The van der Waals surface area contributed by atoms with Crippen molar-refractivity contribution < 1.29 is 5.11 Å². The number of fused-ring (bicyclic) bond motifs is 1. The first-order chi connectivity index (χ1) is 5.43. The third kappa shape index (κ3) is 1.28. The van der Waals surface area contributed by atoms with Gasteiger partial charge in [0.25, 0.3) is 0 Å². The molecular weight excluding hydrogens is 136 g/mol. The SMILES string of the molecule is OC[C@H]1[C@H]2CCC#CCC[C@@H]12. The highest BCUT2D eigenvalue weighted by Gasteiger charge is 2.47. The van der Waals surface area contributed by atoms with E-state index in [1.807, 2.05) is 0 Å². The summed E-state index contributed by atoms with van der Waals surface area (Å²) in [6, 6.07) is 0. The normalized spacial score (nSPS) is 41.0. The first kappa shape index (κ1) is 7.18. The second-order valence-electron chi connectivity index (χ2n) is 3.61. The number of aliphatic hydroxyl groups excluding tert-OH is 1. The van der Waals surface area contributed by atoms with Gasteiger partial charge in [0.1, 0.15) is 0 Å². The molecule has 0 aliphatic heterocycles. The highest BCUT2D eigenvalue weighted by Crippen LogP contribution is 2.51. The molecule has 1 N–H and O–H groups in total. The smallest absolute Gasteiger partial charge is 0.0464 e. The zero-order valence-electron chi connectivity index (χ0n) is 6.71. The Bertz CT molecular complexity index is 181. The van der Waals surface area contributed by atoms with Gasteiger partial charge in [-0.05, 0) is 30.6 Å². The molecule has 0 bridgehead atoms. The maximum atomic E-state index is 8.98. The minimum Gasteiger partial charge on any atom is -0.396 e. The summed E-state index contributed by atoms with van der Waals surface area (Å²) in [6.45, 7) is 0.398. The number of rotatable bonds is 1. The molecule has 60 valence electrons. The highest BCUT2D eigenvalue weighted by molar-refractivity contribution is 5.07. The lowest BCUT2D eigenvalue weighted by Gasteiger charge is -1.96. The third-order valence-electron chi connectivity index (χ3n) is 3.05. The molecule has 0 aromatic rings. The van der Waals surface area contributed by atoms with Crippen LogP contribution in [-0.4, -0.2) is 11.7 Å². The first-order valence-electron chi connectivity index (χ1n) is 4.50. The van der Waals surface area contributed by atoms with Crippen molar-refractivity contribution in [3.8, 4) is 11.8 Å². The number of hydrogen-bond donors (Lipinski definition) is 1. The van der Waals surface area contributed by atoms with Crippen molar-refractivity contribution in [3.63, 3.8) is 0 Å². The molecule has 2 rings (SSSR count). The van der Waals surface area contributed by atoms with Gasteiger partial charge in [0.2, 0.25) is 0 Å². The Balaban J connectivity index is 1.93. The van der Waals surface area contributed by atoms with Gasteiger partial charge in [0.15, 0.2) is 0 Å². The van der Waals surface area contributed by atoms with E-state index >= 15 is 0 Å². The van der Waals surface area contributed by atoms with Crippen LogP contribution in [0.25, 0.3) is 0 Å². The molecule has 2 aliphatic rings. The van der Waals surface area contributed by atoms with Crippen molar-refractivity contribution in [2.75, 3.05) is 6.61 Å². The summed E-state index contributed by atoms with van der Waals surface area (Å²) in [5.41, 5.74) is 0. The summed E-state index contributed by atoms with van der Waals surface area (Å²) in [5, 5.41) is 8.98. The molecule has 0 aromatic heterocycles. The van der Waals surface area contributed by atoms with Crippen LogP contribution in [0.2, 0.25) is 0 Å². The molecule has 0 aromatic carbocycles. The van der Waals surface area contributed by atoms with Crippen molar-refractivity contribution in [1.29, 1.82) is 0 Å². The molecule has 11 heavy (non-hydrogen) atoms. The molecule has 1 fully saturated rings. The summed E-state index contributed by atoms with van der Waals surface area (Å²) in [7, 11) is 0. The van der Waals surface area contributed by atoms with E-state index in [1.165, 1.54) is 12.8 Å². The van der Waals surface area contributed by atoms with Gasteiger partial charge in [0.05, 0.1) is 0 Å². The maximum Gasteiger partial charge on any atom is 0.0464 e. The Morgan fingerprint density at radius 2 is 1.64 bits per heavy atom. The third-order valence-corrected chi connectivity index (χ3v) is 3.05. The maximum absolute atomic E-state index is 8.98. The molecule has 0 heterocycles. The van der Waals surface area contributed by atoms with E-state index in [4.69, 9.17) is 5.11 Å². The molecule has 1 saturated carbocycles. The van der Waals surface area contributed by atoms with Gasteiger partial charge in [0, 0.05) is 19.4 Å². The van der Waals surface area contributed by atoms with Crippen molar-refractivity contribution in [2.45, 2.75) is 25.7 Å². The molecule has 3 atom stereocenters. The van der Waals surface area contributed by atoms with Crippen molar-refractivity contribution in [3.05, 3.63) is 0 Å². The van der Waals surface area contributed by atoms with Gasteiger partial charge in [-0.3, -0.25) is 0 Å². The lowest BCUT2D eigenvalue weighted by molar-refractivity contribution is 0.262. The summed E-state index contributed by atoms with van der Waals surface area (Å²) >= 11 is 0. The van der Waals surface area contributed by atoms with Crippen LogP contribution in [0.3, 0.4) is 0 Å². The van der Waals surface area contributed by atoms with Crippen LogP contribution >= 0.6 is 0 Å². The number of aliphatic hydroxyl groups is 1. The molecule has 2 aliphatic carbocycles. The fraction of sp³-hybridized carbons (Fsp3) is 0.800. The van der Waals surface area contributed by atoms with Gasteiger partial charge >= 0.3 is 0 Å². The summed E-state index contributed by atoms with van der Waals surface area (Å²) < 4.78 is 0. The highest BCUT2D eigenvalue weighted by atomic mass is 16.3. The second-order valence-corrected chi connectivity index (χ2v) is 3.61. The van der Waals surface area contributed by atoms with Crippen molar-refractivity contribution in [2.24, 2.45) is 17.8 Å². The zero-order valence-corrected chi connectivity index (χ0v) is 6.71. The molecule has 1 nitrogen and oxygen atoms in total. The molecular formula is C10H14O. The van der Waals surface area contributed by atoms with Gasteiger partial charge in [-0.2, -0.15) is 0 Å². The second kappa shape index (κ2) is 2.87. The Morgan fingerprint density at radius 1 is 1.09 bits per heavy atom. The van der Waals surface area contributed by atoms with E-state index in [9.17, 15) is 0 Å². The topological polar surface area (TPSA) is 20.2 Å². The Labute approximate surface area is 67.8 Å². The minimum atomic E-state index is 0.398. The molecule has 0 radical (unpaired) electrons. The predicted molar refractivity (Wildman–Crippen MR) is 43.8 cm³/mol. The van der Waals surface area contributed by atoms with Crippen LogP contribution in [0.15, 0.2) is 0 Å². The van der Waals surface area contributed by atoms with E-state index in [0.29, 0.717) is 12.5 Å². The fourth-order valence-corrected chi connectivity index (χ4v) is 2.31.